The highest BCUT2D eigenvalue weighted by Crippen LogP contribution is 2.79. The van der Waals surface area contributed by atoms with Crippen LogP contribution in [0.2, 0.25) is 0 Å². The van der Waals surface area contributed by atoms with Gasteiger partial charge in [0.05, 0.1) is 31.2 Å². The topological polar surface area (TPSA) is 92.0 Å². The number of ketones is 1. The van der Waals surface area contributed by atoms with Crippen LogP contribution in [0, 0.1) is 34.0 Å². The Morgan fingerprint density at radius 2 is 1.97 bits per heavy atom. The number of carbonyl (C=O) groups is 3. The highest BCUT2D eigenvalue weighted by Gasteiger charge is 2.83. The number of carbonyl (C=O) groups excluding carboxylic acids is 3. The van der Waals surface area contributed by atoms with Crippen molar-refractivity contribution in [2.45, 2.75) is 70.1 Å². The second kappa shape index (κ2) is 6.80. The second-order valence-electron chi connectivity index (χ2n) is 12.0. The van der Waals surface area contributed by atoms with Crippen LogP contribution in [0.1, 0.15) is 65.0 Å². The third-order valence-electron chi connectivity index (χ3n) is 10.4. The summed E-state index contributed by atoms with van der Waals surface area (Å²) in [6, 6.07) is 1.82. The molecule has 1 spiro atoms. The molecule has 3 aliphatic carbocycles. The van der Waals surface area contributed by atoms with Crippen molar-refractivity contribution in [3.63, 3.8) is 0 Å². The maximum absolute atomic E-state index is 14.1. The molecule has 7 nitrogen and oxygen atoms in total. The largest absolute Gasteiger partial charge is 0.472 e. The zero-order valence-electron chi connectivity index (χ0n) is 20.7. The quantitative estimate of drug-likeness (QED) is 0.435. The number of hydrogen-bond donors (Lipinski definition) is 0. The minimum absolute atomic E-state index is 0.0628. The van der Waals surface area contributed by atoms with E-state index < -0.39 is 44.9 Å². The molecule has 4 fully saturated rings. The predicted molar refractivity (Wildman–Crippen MR) is 124 cm³/mol. The number of halogens is 1. The minimum Gasteiger partial charge on any atom is -0.472 e. The van der Waals surface area contributed by atoms with Crippen LogP contribution in [0.3, 0.4) is 0 Å². The van der Waals surface area contributed by atoms with Gasteiger partial charge in [0, 0.05) is 40.2 Å². The molecule has 35 heavy (non-hydrogen) atoms. The molecule has 0 N–H and O–H groups in total. The van der Waals surface area contributed by atoms with Gasteiger partial charge in [-0.15, -0.1) is 0 Å². The highest BCUT2D eigenvalue weighted by molar-refractivity contribution is 6.26. The van der Waals surface area contributed by atoms with E-state index in [1.165, 1.54) is 7.11 Å². The van der Waals surface area contributed by atoms with Crippen molar-refractivity contribution in [2.75, 3.05) is 7.11 Å². The Labute approximate surface area is 209 Å². The molecule has 0 aromatic carbocycles. The maximum atomic E-state index is 14.1. The van der Waals surface area contributed by atoms with Crippen LogP contribution >= 0.6 is 11.6 Å². The molecule has 0 amide bonds. The van der Waals surface area contributed by atoms with Gasteiger partial charge in [0.2, 0.25) is 0 Å². The van der Waals surface area contributed by atoms with Crippen LogP contribution in [0.4, 0.5) is 0 Å². The maximum Gasteiger partial charge on any atom is 0.331 e. The van der Waals surface area contributed by atoms with Gasteiger partial charge in [-0.25, -0.2) is 4.79 Å². The van der Waals surface area contributed by atoms with Crippen LogP contribution in [0.15, 0.2) is 34.7 Å². The molecule has 2 aliphatic heterocycles. The van der Waals surface area contributed by atoms with E-state index >= 15 is 0 Å². The number of alkyl halides is 1. The first-order valence-electron chi connectivity index (χ1n) is 12.3. The van der Waals surface area contributed by atoms with E-state index in [1.807, 2.05) is 26.8 Å². The zero-order chi connectivity index (χ0) is 25.2. The summed E-state index contributed by atoms with van der Waals surface area (Å²) in [5.74, 6) is -1.88. The van der Waals surface area contributed by atoms with Crippen LogP contribution in [-0.4, -0.2) is 35.5 Å². The van der Waals surface area contributed by atoms with Crippen molar-refractivity contribution in [3.05, 3.63) is 35.8 Å². The summed E-state index contributed by atoms with van der Waals surface area (Å²) in [5, 5.41) is -1.30. The number of esters is 2. The normalized spacial score (nSPS) is 47.0. The van der Waals surface area contributed by atoms with Crippen molar-refractivity contribution in [1.29, 1.82) is 0 Å². The lowest BCUT2D eigenvalue weighted by atomic mass is 9.39. The van der Waals surface area contributed by atoms with Crippen molar-refractivity contribution < 1.29 is 33.0 Å². The Morgan fingerprint density at radius 1 is 1.23 bits per heavy atom. The highest BCUT2D eigenvalue weighted by atomic mass is 35.5. The Kier molecular flexibility index (Phi) is 4.52. The predicted octanol–water partition coefficient (Wildman–Crippen LogP) is 4.74. The summed E-state index contributed by atoms with van der Waals surface area (Å²) in [6.45, 7) is 8.08. The van der Waals surface area contributed by atoms with Crippen LogP contribution in [0.5, 0.6) is 0 Å². The number of cyclic esters (lactones) is 1. The Morgan fingerprint density at radius 3 is 2.63 bits per heavy atom. The number of fused-ring (bicyclic) bond motifs is 3. The van der Waals surface area contributed by atoms with Gasteiger partial charge in [-0.05, 0) is 36.8 Å². The van der Waals surface area contributed by atoms with Gasteiger partial charge in [-0.2, -0.15) is 0 Å². The fourth-order valence-corrected chi connectivity index (χ4v) is 9.23. The van der Waals surface area contributed by atoms with Crippen LogP contribution < -0.4 is 0 Å². The molecule has 8 atom stereocenters. The lowest BCUT2D eigenvalue weighted by Gasteiger charge is -2.63. The van der Waals surface area contributed by atoms with Gasteiger partial charge in [-0.1, -0.05) is 39.3 Å². The van der Waals surface area contributed by atoms with Gasteiger partial charge in [0.15, 0.2) is 5.06 Å². The van der Waals surface area contributed by atoms with E-state index in [1.54, 1.807) is 18.6 Å². The first kappa shape index (κ1) is 23.3. The fraction of sp³-hybridized carbons (Fsp3) is 0.667. The third kappa shape index (κ3) is 2.49. The Bertz CT molecular complexity index is 1170. The fourth-order valence-electron chi connectivity index (χ4n) is 8.78. The summed E-state index contributed by atoms with van der Waals surface area (Å²) in [7, 11) is 1.36. The molecule has 0 radical (unpaired) electrons. The van der Waals surface area contributed by atoms with Gasteiger partial charge in [0.1, 0.15) is 11.9 Å². The summed E-state index contributed by atoms with van der Waals surface area (Å²) in [4.78, 5) is 39.6. The summed E-state index contributed by atoms with van der Waals surface area (Å²) < 4.78 is 23.2. The number of furan rings is 1. The number of rotatable bonds is 3. The molecule has 6 rings (SSSR count). The van der Waals surface area contributed by atoms with E-state index in [9.17, 15) is 14.4 Å². The number of Topliss-reactive ketones (excluding diaryl/α,β-unsaturated/α-hetero) is 1. The van der Waals surface area contributed by atoms with Gasteiger partial charge in [-0.3, -0.25) is 9.59 Å². The smallest absolute Gasteiger partial charge is 0.331 e. The first-order chi connectivity index (χ1) is 16.4. The minimum atomic E-state index is -1.30. The molecule has 8 unspecified atom stereocenters. The zero-order valence-corrected chi connectivity index (χ0v) is 21.4. The Hall–Kier alpha value is -2.12. The molecule has 8 heteroatoms. The van der Waals surface area contributed by atoms with Gasteiger partial charge in [0.25, 0.3) is 0 Å². The molecule has 1 aromatic rings. The van der Waals surface area contributed by atoms with Crippen molar-refractivity contribution >= 4 is 29.3 Å². The molecule has 3 bridgehead atoms. The summed E-state index contributed by atoms with van der Waals surface area (Å²) in [6.07, 6.45) is 6.11. The molecule has 188 valence electrons. The lowest BCUT2D eigenvalue weighted by Crippen LogP contribution is -2.68. The third-order valence-corrected chi connectivity index (χ3v) is 11.3. The average Bonchev–Trinajstić information content (AvgIpc) is 3.42. The van der Waals surface area contributed by atoms with Gasteiger partial charge >= 0.3 is 11.9 Å². The molecular formula is C27H31ClO7. The number of hydrogen-bond acceptors (Lipinski definition) is 7. The van der Waals surface area contributed by atoms with E-state index in [4.69, 9.17) is 30.2 Å². The van der Waals surface area contributed by atoms with Crippen molar-refractivity contribution in [1.82, 2.24) is 0 Å². The van der Waals surface area contributed by atoms with Crippen LogP contribution in [0.25, 0.3) is 0 Å². The molecule has 1 aromatic heterocycles. The molecule has 3 saturated carbocycles. The van der Waals surface area contributed by atoms with E-state index in [2.05, 4.69) is 6.92 Å². The van der Waals surface area contributed by atoms with Crippen LogP contribution in [-0.2, 0) is 28.6 Å². The molecule has 1 saturated heterocycles. The van der Waals surface area contributed by atoms with E-state index in [-0.39, 0.29) is 30.0 Å². The monoisotopic (exact) mass is 502 g/mol. The van der Waals surface area contributed by atoms with Crippen molar-refractivity contribution in [2.24, 2.45) is 34.0 Å². The summed E-state index contributed by atoms with van der Waals surface area (Å²) >= 11 is 7.37. The standard InChI is InChI=1S/C27H31ClO7/c1-23(2)17(10-19(29)32-5)25(4)16-6-8-24(3)18(11-20(30)34-22(24)14-7-9-33-13-14)26(16)12-15(21(25)31)27(23,28)35-26/h7,9,11,13,15-17,22H,6,8,10,12H2,1-5H3. The van der Waals surface area contributed by atoms with E-state index in [0.29, 0.717) is 19.3 Å². The Balaban J connectivity index is 1.56. The average molecular weight is 503 g/mol. The van der Waals surface area contributed by atoms with Gasteiger partial charge < -0.3 is 18.6 Å². The molecule has 5 aliphatic rings. The lowest BCUT2D eigenvalue weighted by molar-refractivity contribution is -0.173. The van der Waals surface area contributed by atoms with E-state index in [0.717, 1.165) is 11.1 Å². The SMILES string of the molecule is COC(=O)CC1C2(C)C(=O)C3CC4(OC3(Cl)C1(C)C)C1=CC(=O)OC(c3ccoc3)C1(C)CCC42. The van der Waals surface area contributed by atoms with Crippen molar-refractivity contribution in [3.8, 4) is 0 Å². The number of methoxy groups -OCH3 is 1. The number of ether oxygens (including phenoxy) is 3. The molecular weight excluding hydrogens is 472 g/mol. The second-order valence-corrected chi connectivity index (χ2v) is 12.6. The first-order valence-corrected chi connectivity index (χ1v) is 12.7. The molecule has 3 heterocycles. The summed E-state index contributed by atoms with van der Waals surface area (Å²) in [5.41, 5.74) is -1.36.